The molecule has 0 bridgehead atoms. The van der Waals surface area contributed by atoms with Gasteiger partial charge in [0.2, 0.25) is 11.2 Å². The maximum Gasteiger partial charge on any atom is 0.211 e. The summed E-state index contributed by atoms with van der Waals surface area (Å²) in [6.07, 6.45) is 15.0. The third-order valence-electron chi connectivity index (χ3n) is 13.2. The fourth-order valence-electron chi connectivity index (χ4n) is 9.85. The van der Waals surface area contributed by atoms with Gasteiger partial charge < -0.3 is 11.1 Å². The van der Waals surface area contributed by atoms with Gasteiger partial charge in [-0.3, -0.25) is 28.6 Å². The molecule has 2 atom stereocenters. The van der Waals surface area contributed by atoms with Crippen LogP contribution in [0, 0.1) is 0 Å². The Morgan fingerprint density at radius 3 is 1.49 bits per heavy atom. The third-order valence-corrected chi connectivity index (χ3v) is 15.0. The molecule has 0 amide bonds. The Hall–Kier alpha value is -5.03. The minimum atomic E-state index is -0.231. The number of hydrogen-bond acceptors (Lipinski definition) is 12. The Balaban J connectivity index is 0.000000161. The molecule has 372 valence electrons. The van der Waals surface area contributed by atoms with E-state index in [0.717, 1.165) is 52.0 Å². The molecule has 71 heavy (non-hydrogen) atoms. The highest BCUT2D eigenvalue weighted by atomic mass is 35.5. The quantitative estimate of drug-likeness (QED) is 0.125. The van der Waals surface area contributed by atoms with E-state index in [2.05, 4.69) is 106 Å². The molecule has 2 aromatic carbocycles. The first kappa shape index (κ1) is 52.3. The summed E-state index contributed by atoms with van der Waals surface area (Å²) in [7, 11) is 0. The second-order valence-corrected chi connectivity index (χ2v) is 21.7. The fourth-order valence-corrected chi connectivity index (χ4v) is 10.7. The molecule has 2 aliphatic heterocycles. The highest BCUT2D eigenvalue weighted by Gasteiger charge is 2.40. The number of benzene rings is 2. The average molecular weight is 1060 g/mol. The van der Waals surface area contributed by atoms with Crippen molar-refractivity contribution in [2.45, 2.75) is 116 Å². The Morgan fingerprint density at radius 2 is 1.03 bits per heavy atom. The number of fused-ring (bicyclic) bond motifs is 2. The van der Waals surface area contributed by atoms with Crippen LogP contribution in [0.15, 0.2) is 98.1 Å². The predicted molar refractivity (Wildman–Crippen MR) is 290 cm³/mol. The standard InChI is InChI=1S/C26H29Cl2N7.C16H8Cl3N5.C10H22N2/c1-16(2)34-13-5-6-21(34)26(3,4)32-25-31-23(17-9-11-29-12-10-17)22(24-33-30-15-35(24)25)18-7-8-19(27)20(28)14-18;17-11-2-1-10(7-12(11)18)13-14(9-3-5-20-6-4-9)22-16(19)24-8-21-23-15(13)24;1-8(2)12-7-5-6-9(12)10(3,4)11/h7-12,14-16,21H,5-6,13H2,1-4H3,(H,31,32);1-8H;8-9H,5-7,11H2,1-4H3/t;;9-/m..0/s1. The topological polar surface area (TPSA) is 156 Å². The first-order valence-electron chi connectivity index (χ1n) is 23.8. The van der Waals surface area contributed by atoms with Crippen LogP contribution in [0.2, 0.25) is 25.4 Å². The fraction of sp³-hybridized carbons (Fsp3) is 0.385. The van der Waals surface area contributed by atoms with Crippen molar-refractivity contribution < 1.29 is 0 Å². The largest absolute Gasteiger partial charge is 0.349 e. The van der Waals surface area contributed by atoms with E-state index in [-0.39, 0.29) is 16.4 Å². The lowest BCUT2D eigenvalue weighted by Crippen LogP contribution is -2.53. The van der Waals surface area contributed by atoms with E-state index < -0.39 is 0 Å². The summed E-state index contributed by atoms with van der Waals surface area (Å²) in [4.78, 5) is 23.0. The molecule has 2 aliphatic rings. The van der Waals surface area contributed by atoms with E-state index in [1.165, 1.54) is 32.1 Å². The molecule has 2 fully saturated rings. The van der Waals surface area contributed by atoms with Gasteiger partial charge in [-0.25, -0.2) is 9.97 Å². The Bertz CT molecular complexity index is 3100. The Labute approximate surface area is 440 Å². The lowest BCUT2D eigenvalue weighted by atomic mass is 9.92. The number of nitrogens with one attached hydrogen (secondary N) is 1. The van der Waals surface area contributed by atoms with Gasteiger partial charge in [0.15, 0.2) is 11.3 Å². The van der Waals surface area contributed by atoms with Crippen LogP contribution in [-0.2, 0) is 0 Å². The summed E-state index contributed by atoms with van der Waals surface area (Å²) in [5.74, 6) is 0.696. The van der Waals surface area contributed by atoms with Gasteiger partial charge in [0.1, 0.15) is 12.7 Å². The van der Waals surface area contributed by atoms with Crippen molar-refractivity contribution >= 4 is 75.2 Å². The number of anilines is 1. The molecular formula is C52H59Cl5N14. The lowest BCUT2D eigenvalue weighted by molar-refractivity contribution is 0.147. The zero-order valence-electron chi connectivity index (χ0n) is 41.1. The first-order valence-corrected chi connectivity index (χ1v) is 25.7. The van der Waals surface area contributed by atoms with Gasteiger partial charge in [-0.1, -0.05) is 58.5 Å². The number of nitrogens with two attached hydrogens (primary N) is 1. The second kappa shape index (κ2) is 22.0. The van der Waals surface area contributed by atoms with Crippen molar-refractivity contribution in [3.8, 4) is 44.8 Å². The summed E-state index contributed by atoms with van der Waals surface area (Å²) in [6.45, 7) is 20.1. The molecule has 8 aromatic rings. The minimum Gasteiger partial charge on any atom is -0.349 e. The summed E-state index contributed by atoms with van der Waals surface area (Å²) >= 11 is 31.1. The summed E-state index contributed by atoms with van der Waals surface area (Å²) in [6, 6.07) is 20.6. The van der Waals surface area contributed by atoms with Crippen molar-refractivity contribution in [3.05, 3.63) is 123 Å². The van der Waals surface area contributed by atoms with Gasteiger partial charge >= 0.3 is 0 Å². The number of nitrogens with zero attached hydrogens (tertiary/aromatic N) is 12. The van der Waals surface area contributed by atoms with Crippen LogP contribution >= 0.6 is 58.0 Å². The van der Waals surface area contributed by atoms with Crippen LogP contribution in [0.4, 0.5) is 5.95 Å². The smallest absolute Gasteiger partial charge is 0.211 e. The highest BCUT2D eigenvalue weighted by molar-refractivity contribution is 6.42. The van der Waals surface area contributed by atoms with Gasteiger partial charge in [-0.05, 0) is 165 Å². The van der Waals surface area contributed by atoms with Gasteiger partial charge in [0, 0.05) is 65.6 Å². The van der Waals surface area contributed by atoms with E-state index in [4.69, 9.17) is 68.7 Å². The van der Waals surface area contributed by atoms with E-state index >= 15 is 0 Å². The molecule has 0 saturated carbocycles. The molecule has 0 radical (unpaired) electrons. The van der Waals surface area contributed by atoms with Crippen molar-refractivity contribution in [2.24, 2.45) is 5.73 Å². The molecule has 10 rings (SSSR count). The minimum absolute atomic E-state index is 0.0409. The number of rotatable bonds is 10. The normalized spacial score (nSPS) is 16.7. The summed E-state index contributed by atoms with van der Waals surface area (Å²) < 4.78 is 3.53. The van der Waals surface area contributed by atoms with Crippen molar-refractivity contribution in [1.82, 2.24) is 58.9 Å². The van der Waals surface area contributed by atoms with E-state index in [0.29, 0.717) is 67.2 Å². The molecule has 0 spiro atoms. The van der Waals surface area contributed by atoms with Gasteiger partial charge in [0.05, 0.1) is 48.1 Å². The SMILES string of the molecule is CC(C)N1CCCC1C(C)(C)Nc1nc(-c2ccncc2)c(-c2ccc(Cl)c(Cl)c2)c2nncn12.CC(C)N1CCC[C@H]1C(C)(C)N.Clc1ccc(-c2c(-c3ccncc3)nc(Cl)n3cnnc23)cc1Cl. The van der Waals surface area contributed by atoms with Crippen LogP contribution in [0.3, 0.4) is 0 Å². The number of likely N-dealkylation sites (tertiary alicyclic amines) is 2. The Kier molecular flexibility index (Phi) is 16.2. The third kappa shape index (κ3) is 11.5. The molecule has 0 aliphatic carbocycles. The van der Waals surface area contributed by atoms with Crippen LogP contribution in [0.5, 0.6) is 0 Å². The first-order chi connectivity index (χ1) is 33.8. The van der Waals surface area contributed by atoms with Gasteiger partial charge in [0.25, 0.3) is 0 Å². The van der Waals surface area contributed by atoms with Crippen LogP contribution in [0.25, 0.3) is 56.1 Å². The maximum absolute atomic E-state index is 6.40. The van der Waals surface area contributed by atoms with E-state index in [9.17, 15) is 0 Å². The predicted octanol–water partition coefficient (Wildman–Crippen LogP) is 12.6. The van der Waals surface area contributed by atoms with E-state index in [1.54, 1.807) is 53.7 Å². The molecule has 2 saturated heterocycles. The van der Waals surface area contributed by atoms with Crippen LogP contribution in [-0.4, -0.2) is 107 Å². The molecule has 1 unspecified atom stereocenters. The number of hydrogen-bond donors (Lipinski definition) is 2. The molecule has 14 nitrogen and oxygen atoms in total. The van der Waals surface area contributed by atoms with Gasteiger partial charge in [-0.15, -0.1) is 20.4 Å². The zero-order chi connectivity index (χ0) is 50.8. The van der Waals surface area contributed by atoms with Crippen molar-refractivity contribution in [1.29, 1.82) is 0 Å². The number of aromatic nitrogens is 10. The molecule has 6 aromatic heterocycles. The lowest BCUT2D eigenvalue weighted by Gasteiger charge is -2.40. The monoisotopic (exact) mass is 1050 g/mol. The number of pyridine rings is 2. The van der Waals surface area contributed by atoms with Crippen molar-refractivity contribution in [3.63, 3.8) is 0 Å². The molecule has 19 heteroatoms. The number of halogens is 5. The molecule has 8 heterocycles. The van der Waals surface area contributed by atoms with Crippen molar-refractivity contribution in [2.75, 3.05) is 18.4 Å². The van der Waals surface area contributed by atoms with Gasteiger partial charge in [-0.2, -0.15) is 0 Å². The van der Waals surface area contributed by atoms with Crippen LogP contribution in [0.1, 0.15) is 81.1 Å². The summed E-state index contributed by atoms with van der Waals surface area (Å²) in [5.41, 5.74) is 13.6. The van der Waals surface area contributed by atoms with E-state index in [1.807, 2.05) is 46.9 Å². The second-order valence-electron chi connectivity index (χ2n) is 19.7. The average Bonchev–Trinajstić information content (AvgIpc) is 4.20. The van der Waals surface area contributed by atoms with Crippen LogP contribution < -0.4 is 11.1 Å². The maximum atomic E-state index is 6.40. The zero-order valence-corrected chi connectivity index (χ0v) is 44.9. The highest BCUT2D eigenvalue weighted by Crippen LogP contribution is 2.40. The Morgan fingerprint density at radius 1 is 0.577 bits per heavy atom. The molecule has 3 N–H and O–H groups in total. The summed E-state index contributed by atoms with van der Waals surface area (Å²) in [5, 5.41) is 22.8. The molecular weight excluding hydrogens is 998 g/mol.